The van der Waals surface area contributed by atoms with Crippen molar-refractivity contribution in [1.82, 2.24) is 25.1 Å². The Kier molecular flexibility index (Phi) is 4.18. The van der Waals surface area contributed by atoms with E-state index < -0.39 is 0 Å². The third-order valence-electron chi connectivity index (χ3n) is 4.07. The van der Waals surface area contributed by atoms with Gasteiger partial charge >= 0.3 is 0 Å². The minimum Gasteiger partial charge on any atom is -0.341 e. The Morgan fingerprint density at radius 2 is 2.27 bits per heavy atom. The highest BCUT2D eigenvalue weighted by Crippen LogP contribution is 2.18. The monoisotopic (exact) mass is 299 g/mol. The number of carbonyl (C=O) groups is 1. The number of hydrogen-bond donors (Lipinski definition) is 1. The van der Waals surface area contributed by atoms with E-state index in [0.717, 1.165) is 49.3 Å². The second-order valence-corrected chi connectivity index (χ2v) is 5.74. The quantitative estimate of drug-likeness (QED) is 0.939. The van der Waals surface area contributed by atoms with Crippen LogP contribution in [0.5, 0.6) is 0 Å². The van der Waals surface area contributed by atoms with Crippen molar-refractivity contribution in [3.05, 3.63) is 41.2 Å². The first kappa shape index (κ1) is 14.7. The molecule has 1 atom stereocenters. The SMILES string of the molecule is CCC(NC(=O)c1nnc2n1CCCC2)c1cc(C)ccn1. The topological polar surface area (TPSA) is 72.7 Å². The summed E-state index contributed by atoms with van der Waals surface area (Å²) in [6.07, 6.45) is 5.64. The average molecular weight is 299 g/mol. The van der Waals surface area contributed by atoms with Crippen molar-refractivity contribution < 1.29 is 4.79 Å². The van der Waals surface area contributed by atoms with E-state index in [1.807, 2.05) is 30.5 Å². The van der Waals surface area contributed by atoms with Crippen LogP contribution in [0.4, 0.5) is 0 Å². The number of fused-ring (bicyclic) bond motifs is 1. The third-order valence-corrected chi connectivity index (χ3v) is 4.07. The molecule has 0 fully saturated rings. The Bertz CT molecular complexity index is 679. The molecule has 1 N–H and O–H groups in total. The van der Waals surface area contributed by atoms with Gasteiger partial charge in [0.15, 0.2) is 0 Å². The fourth-order valence-corrected chi connectivity index (χ4v) is 2.83. The molecule has 0 radical (unpaired) electrons. The molecule has 0 aliphatic carbocycles. The van der Waals surface area contributed by atoms with Gasteiger partial charge in [0, 0.05) is 19.2 Å². The second-order valence-electron chi connectivity index (χ2n) is 5.74. The second kappa shape index (κ2) is 6.25. The van der Waals surface area contributed by atoms with Gasteiger partial charge in [-0.15, -0.1) is 10.2 Å². The van der Waals surface area contributed by atoms with Gasteiger partial charge in [0.05, 0.1) is 11.7 Å². The van der Waals surface area contributed by atoms with E-state index in [2.05, 4.69) is 20.5 Å². The zero-order chi connectivity index (χ0) is 15.5. The van der Waals surface area contributed by atoms with Crippen molar-refractivity contribution >= 4 is 5.91 Å². The van der Waals surface area contributed by atoms with Gasteiger partial charge in [-0.05, 0) is 43.9 Å². The first-order valence-electron chi connectivity index (χ1n) is 7.84. The summed E-state index contributed by atoms with van der Waals surface area (Å²) in [6, 6.07) is 3.85. The molecule has 0 aromatic carbocycles. The summed E-state index contributed by atoms with van der Waals surface area (Å²) >= 11 is 0. The van der Waals surface area contributed by atoms with Gasteiger partial charge in [-0.1, -0.05) is 6.92 Å². The van der Waals surface area contributed by atoms with Crippen LogP contribution in [0.15, 0.2) is 18.3 Å². The molecule has 6 nitrogen and oxygen atoms in total. The van der Waals surface area contributed by atoms with Crippen LogP contribution in [-0.4, -0.2) is 25.7 Å². The van der Waals surface area contributed by atoms with E-state index in [1.54, 1.807) is 6.20 Å². The highest BCUT2D eigenvalue weighted by Gasteiger charge is 2.23. The van der Waals surface area contributed by atoms with Crippen LogP contribution in [0, 0.1) is 6.92 Å². The van der Waals surface area contributed by atoms with Gasteiger partial charge in [-0.3, -0.25) is 9.78 Å². The number of pyridine rings is 1. The summed E-state index contributed by atoms with van der Waals surface area (Å²) in [4.78, 5) is 16.9. The molecule has 0 saturated heterocycles. The van der Waals surface area contributed by atoms with Crippen molar-refractivity contribution in [2.75, 3.05) is 0 Å². The van der Waals surface area contributed by atoms with E-state index in [9.17, 15) is 4.79 Å². The number of nitrogens with one attached hydrogen (secondary N) is 1. The number of aryl methyl sites for hydroxylation is 2. The molecule has 22 heavy (non-hydrogen) atoms. The predicted octanol–water partition coefficient (Wildman–Crippen LogP) is 2.20. The minimum absolute atomic E-state index is 0.107. The van der Waals surface area contributed by atoms with Crippen molar-refractivity contribution in [3.63, 3.8) is 0 Å². The molecule has 2 aromatic heterocycles. The van der Waals surface area contributed by atoms with E-state index in [-0.39, 0.29) is 11.9 Å². The molecule has 1 unspecified atom stereocenters. The molecule has 116 valence electrons. The van der Waals surface area contributed by atoms with Crippen molar-refractivity contribution in [2.24, 2.45) is 0 Å². The molecule has 3 heterocycles. The summed E-state index contributed by atoms with van der Waals surface area (Å²) in [5.74, 6) is 1.16. The molecule has 0 saturated carbocycles. The maximum atomic E-state index is 12.5. The van der Waals surface area contributed by atoms with Crippen LogP contribution < -0.4 is 5.32 Å². The highest BCUT2D eigenvalue weighted by molar-refractivity contribution is 5.91. The lowest BCUT2D eigenvalue weighted by molar-refractivity contribution is 0.0918. The average Bonchev–Trinajstić information content (AvgIpc) is 2.96. The molecular formula is C16H21N5O. The van der Waals surface area contributed by atoms with Gasteiger partial charge in [-0.2, -0.15) is 0 Å². The lowest BCUT2D eigenvalue weighted by Crippen LogP contribution is -2.31. The highest BCUT2D eigenvalue weighted by atomic mass is 16.2. The Balaban J connectivity index is 1.79. The standard InChI is InChI=1S/C16H21N5O/c1-3-12(13-10-11(2)7-8-17-13)18-16(22)15-20-19-14-6-4-5-9-21(14)15/h7-8,10,12H,3-6,9H2,1-2H3,(H,18,22). The van der Waals surface area contributed by atoms with Crippen LogP contribution in [0.3, 0.4) is 0 Å². The number of carbonyl (C=O) groups excluding carboxylic acids is 1. The van der Waals surface area contributed by atoms with Crippen LogP contribution in [0.1, 0.15) is 59.9 Å². The fraction of sp³-hybridized carbons (Fsp3) is 0.500. The Hall–Kier alpha value is -2.24. The zero-order valence-corrected chi connectivity index (χ0v) is 13.0. The molecule has 0 bridgehead atoms. The van der Waals surface area contributed by atoms with Gasteiger partial charge in [-0.25, -0.2) is 0 Å². The molecule has 1 aliphatic heterocycles. The minimum atomic E-state index is -0.171. The first-order chi connectivity index (χ1) is 10.7. The molecule has 1 amide bonds. The Morgan fingerprint density at radius 3 is 3.05 bits per heavy atom. The zero-order valence-electron chi connectivity index (χ0n) is 13.0. The predicted molar refractivity (Wildman–Crippen MR) is 82.4 cm³/mol. The summed E-state index contributed by atoms with van der Waals surface area (Å²) in [5.41, 5.74) is 2.02. The molecule has 6 heteroatoms. The maximum absolute atomic E-state index is 12.5. The molecule has 3 rings (SSSR count). The van der Waals surface area contributed by atoms with Crippen LogP contribution in [-0.2, 0) is 13.0 Å². The Labute approximate surface area is 130 Å². The summed E-state index contributed by atoms with van der Waals surface area (Å²) in [5, 5.41) is 11.2. The van der Waals surface area contributed by atoms with Crippen molar-refractivity contribution in [3.8, 4) is 0 Å². The van der Waals surface area contributed by atoms with Gasteiger partial charge in [0.1, 0.15) is 5.82 Å². The van der Waals surface area contributed by atoms with Gasteiger partial charge in [0.2, 0.25) is 5.82 Å². The first-order valence-corrected chi connectivity index (χ1v) is 7.84. The number of aromatic nitrogens is 4. The normalized spacial score (nSPS) is 15.2. The summed E-state index contributed by atoms with van der Waals surface area (Å²) in [7, 11) is 0. The van der Waals surface area contributed by atoms with E-state index in [0.29, 0.717) is 5.82 Å². The van der Waals surface area contributed by atoms with Gasteiger partial charge < -0.3 is 9.88 Å². The largest absolute Gasteiger partial charge is 0.341 e. The lowest BCUT2D eigenvalue weighted by Gasteiger charge is -2.18. The third kappa shape index (κ3) is 2.86. The van der Waals surface area contributed by atoms with Crippen LogP contribution in [0.25, 0.3) is 0 Å². The number of amides is 1. The van der Waals surface area contributed by atoms with E-state index in [1.165, 1.54) is 0 Å². The van der Waals surface area contributed by atoms with Crippen LogP contribution >= 0.6 is 0 Å². The number of hydrogen-bond acceptors (Lipinski definition) is 4. The van der Waals surface area contributed by atoms with Crippen LogP contribution in [0.2, 0.25) is 0 Å². The smallest absolute Gasteiger partial charge is 0.289 e. The van der Waals surface area contributed by atoms with Gasteiger partial charge in [0.25, 0.3) is 5.91 Å². The molecule has 1 aliphatic rings. The lowest BCUT2D eigenvalue weighted by atomic mass is 10.1. The fourth-order valence-electron chi connectivity index (χ4n) is 2.83. The van der Waals surface area contributed by atoms with E-state index in [4.69, 9.17) is 0 Å². The Morgan fingerprint density at radius 1 is 1.41 bits per heavy atom. The summed E-state index contributed by atoms with van der Waals surface area (Å²) in [6.45, 7) is 4.88. The number of rotatable bonds is 4. The summed E-state index contributed by atoms with van der Waals surface area (Å²) < 4.78 is 1.94. The molecule has 0 spiro atoms. The molecule has 2 aromatic rings. The molecular weight excluding hydrogens is 278 g/mol. The maximum Gasteiger partial charge on any atom is 0.289 e. The number of nitrogens with zero attached hydrogens (tertiary/aromatic N) is 4. The van der Waals surface area contributed by atoms with E-state index >= 15 is 0 Å². The van der Waals surface area contributed by atoms with Crippen molar-refractivity contribution in [1.29, 1.82) is 0 Å². The van der Waals surface area contributed by atoms with Crippen molar-refractivity contribution in [2.45, 2.75) is 52.1 Å².